The van der Waals surface area contributed by atoms with Gasteiger partial charge in [-0.3, -0.25) is 4.79 Å². The van der Waals surface area contributed by atoms with Gasteiger partial charge < -0.3 is 24.5 Å². The molecule has 6 nitrogen and oxygen atoms in total. The number of nitrogens with one attached hydrogen (secondary N) is 1. The number of carbonyl (C=O) groups excluding carboxylic acids is 1. The first kappa shape index (κ1) is 22.0. The Morgan fingerprint density at radius 1 is 1.31 bits per heavy atom. The van der Waals surface area contributed by atoms with Crippen molar-refractivity contribution in [1.82, 2.24) is 4.90 Å². The number of phenols is 1. The number of carbonyl (C=O) groups is 1. The van der Waals surface area contributed by atoms with Gasteiger partial charge in [0.15, 0.2) is 19.8 Å². The van der Waals surface area contributed by atoms with E-state index in [1.165, 1.54) is 20.0 Å². The summed E-state index contributed by atoms with van der Waals surface area (Å²) in [5.74, 6) is 0.282. The number of rotatable bonds is 6. The molecule has 0 radical (unpaired) electrons. The lowest BCUT2D eigenvalue weighted by atomic mass is 10.0. The summed E-state index contributed by atoms with van der Waals surface area (Å²) in [5, 5.41) is 13.7. The first-order chi connectivity index (χ1) is 13.4. The molecule has 1 fully saturated rings. The Hall–Kier alpha value is -1.73. The molecule has 0 aromatic heterocycles. The monoisotopic (exact) mass is 420 g/mol. The van der Waals surface area contributed by atoms with Crippen LogP contribution in [0, 0.1) is 5.41 Å². The van der Waals surface area contributed by atoms with Crippen molar-refractivity contribution in [3.05, 3.63) is 17.7 Å². The molecule has 1 atom stereocenters. The predicted molar refractivity (Wildman–Crippen MR) is 118 cm³/mol. The fourth-order valence-corrected chi connectivity index (χ4v) is 4.84. The minimum absolute atomic E-state index is 0.0123. The van der Waals surface area contributed by atoms with Crippen LogP contribution < -0.4 is 10.1 Å². The number of amides is 1. The molecule has 1 saturated carbocycles. The normalized spacial score (nSPS) is 21.3. The van der Waals surface area contributed by atoms with Crippen molar-refractivity contribution in [2.24, 2.45) is 5.41 Å². The molecule has 0 bridgehead atoms. The molecule has 162 valence electrons. The standard InChI is InChI=1S/C22H36N2O4Si/c1-8-22(9-10-22)14-24-13-19(28-29(6,7)21(2,3)4)23-16-12-17(25)18(27-5)11-15(16)20(24)26/h11-12,19,23,25H,8-10,13-14H2,1-7H3. The van der Waals surface area contributed by atoms with Crippen LogP contribution in [0.25, 0.3) is 0 Å². The maximum Gasteiger partial charge on any atom is 0.256 e. The Kier molecular flexibility index (Phi) is 5.68. The van der Waals surface area contributed by atoms with Crippen LogP contribution in [0.5, 0.6) is 11.5 Å². The SMILES string of the molecule is CCC1(CN2CC(O[Si](C)(C)C(C)(C)C)Nc3cc(O)c(OC)cc3C2=O)CC1. The van der Waals surface area contributed by atoms with Crippen LogP contribution in [0.2, 0.25) is 18.1 Å². The zero-order chi connectivity index (χ0) is 21.6. The van der Waals surface area contributed by atoms with E-state index < -0.39 is 8.32 Å². The summed E-state index contributed by atoms with van der Waals surface area (Å²) < 4.78 is 11.9. The van der Waals surface area contributed by atoms with Crippen LogP contribution in [0.3, 0.4) is 0 Å². The third-order valence-electron chi connectivity index (χ3n) is 7.02. The van der Waals surface area contributed by atoms with Crippen LogP contribution in [-0.2, 0) is 4.43 Å². The number of phenolic OH excluding ortho intramolecular Hbond substituents is 1. The third-order valence-corrected chi connectivity index (χ3v) is 11.5. The Labute approximate surface area is 175 Å². The topological polar surface area (TPSA) is 71.0 Å². The Morgan fingerprint density at radius 3 is 2.48 bits per heavy atom. The lowest BCUT2D eigenvalue weighted by molar-refractivity contribution is 0.0636. The molecular weight excluding hydrogens is 384 g/mol. The number of fused-ring (bicyclic) bond motifs is 1. The van der Waals surface area contributed by atoms with Gasteiger partial charge in [0.1, 0.15) is 6.23 Å². The molecule has 2 N–H and O–H groups in total. The van der Waals surface area contributed by atoms with Gasteiger partial charge in [0.25, 0.3) is 5.91 Å². The quantitative estimate of drug-likeness (QED) is 0.647. The molecule has 3 rings (SSSR count). The Morgan fingerprint density at radius 2 is 1.97 bits per heavy atom. The van der Waals surface area contributed by atoms with Gasteiger partial charge in [-0.2, -0.15) is 0 Å². The highest BCUT2D eigenvalue weighted by Gasteiger charge is 2.45. The van der Waals surface area contributed by atoms with E-state index in [1.54, 1.807) is 12.1 Å². The van der Waals surface area contributed by atoms with Crippen LogP contribution in [0.15, 0.2) is 12.1 Å². The molecule has 1 aliphatic carbocycles. The van der Waals surface area contributed by atoms with Gasteiger partial charge in [-0.25, -0.2) is 0 Å². The maximum atomic E-state index is 13.5. The van der Waals surface area contributed by atoms with E-state index in [9.17, 15) is 9.90 Å². The van der Waals surface area contributed by atoms with E-state index in [1.807, 2.05) is 4.90 Å². The molecule has 7 heteroatoms. The smallest absolute Gasteiger partial charge is 0.256 e. The molecule has 1 aliphatic heterocycles. The zero-order valence-electron chi connectivity index (χ0n) is 18.9. The van der Waals surface area contributed by atoms with Crippen LogP contribution >= 0.6 is 0 Å². The summed E-state index contributed by atoms with van der Waals surface area (Å²) >= 11 is 0. The highest BCUT2D eigenvalue weighted by molar-refractivity contribution is 6.74. The fraction of sp³-hybridized carbons (Fsp3) is 0.682. The average molecular weight is 421 g/mol. The number of aromatic hydroxyl groups is 1. The van der Waals surface area contributed by atoms with Crippen LogP contribution in [0.4, 0.5) is 5.69 Å². The van der Waals surface area contributed by atoms with Crippen molar-refractivity contribution >= 4 is 19.9 Å². The number of nitrogens with zero attached hydrogens (tertiary/aromatic N) is 1. The molecule has 1 amide bonds. The summed E-state index contributed by atoms with van der Waals surface area (Å²) in [4.78, 5) is 15.4. The lowest BCUT2D eigenvalue weighted by Crippen LogP contribution is -2.50. The number of benzene rings is 1. The molecule has 1 aromatic carbocycles. The van der Waals surface area contributed by atoms with Gasteiger partial charge in [0, 0.05) is 12.6 Å². The number of hydrogen-bond acceptors (Lipinski definition) is 5. The van der Waals surface area contributed by atoms with Gasteiger partial charge >= 0.3 is 0 Å². The van der Waals surface area contributed by atoms with Crippen molar-refractivity contribution in [1.29, 1.82) is 0 Å². The van der Waals surface area contributed by atoms with Crippen molar-refractivity contribution in [2.75, 3.05) is 25.5 Å². The number of ether oxygens (including phenoxy) is 1. The van der Waals surface area contributed by atoms with Crippen molar-refractivity contribution in [3.8, 4) is 11.5 Å². The summed E-state index contributed by atoms with van der Waals surface area (Å²) in [6, 6.07) is 3.21. The van der Waals surface area contributed by atoms with Crippen molar-refractivity contribution in [3.63, 3.8) is 0 Å². The van der Waals surface area contributed by atoms with E-state index in [0.717, 1.165) is 13.0 Å². The zero-order valence-corrected chi connectivity index (χ0v) is 19.9. The molecule has 29 heavy (non-hydrogen) atoms. The number of hydrogen-bond donors (Lipinski definition) is 2. The summed E-state index contributed by atoms with van der Waals surface area (Å²) in [6.07, 6.45) is 3.09. The van der Waals surface area contributed by atoms with Crippen LogP contribution in [0.1, 0.15) is 57.3 Å². The minimum Gasteiger partial charge on any atom is -0.504 e. The second-order valence-electron chi connectivity index (χ2n) is 10.1. The summed E-state index contributed by atoms with van der Waals surface area (Å²) in [6.45, 7) is 14.5. The second kappa shape index (κ2) is 7.51. The van der Waals surface area contributed by atoms with Gasteiger partial charge in [0.05, 0.1) is 24.9 Å². The summed E-state index contributed by atoms with van der Waals surface area (Å²) in [7, 11) is -0.564. The second-order valence-corrected chi connectivity index (χ2v) is 14.9. The lowest BCUT2D eigenvalue weighted by Gasteiger charge is -2.40. The first-order valence-corrected chi connectivity index (χ1v) is 13.5. The van der Waals surface area contributed by atoms with E-state index in [4.69, 9.17) is 9.16 Å². The van der Waals surface area contributed by atoms with Gasteiger partial charge in [-0.1, -0.05) is 27.7 Å². The fourth-order valence-electron chi connectivity index (χ4n) is 3.64. The van der Waals surface area contributed by atoms with E-state index >= 15 is 0 Å². The molecule has 2 aliphatic rings. The first-order valence-electron chi connectivity index (χ1n) is 10.6. The maximum absolute atomic E-state index is 13.5. The molecule has 1 heterocycles. The van der Waals surface area contributed by atoms with Crippen molar-refractivity contribution in [2.45, 2.75) is 71.3 Å². The minimum atomic E-state index is -2.06. The Bertz CT molecular complexity index is 784. The number of methoxy groups -OCH3 is 1. The Balaban J connectivity index is 1.97. The third kappa shape index (κ3) is 4.40. The highest BCUT2D eigenvalue weighted by Crippen LogP contribution is 2.50. The molecule has 0 spiro atoms. The summed E-state index contributed by atoms with van der Waals surface area (Å²) in [5.41, 5.74) is 1.36. The molecule has 1 aromatic rings. The highest BCUT2D eigenvalue weighted by atomic mass is 28.4. The van der Waals surface area contributed by atoms with E-state index in [2.05, 4.69) is 46.1 Å². The van der Waals surface area contributed by atoms with E-state index in [-0.39, 0.29) is 28.3 Å². The van der Waals surface area contributed by atoms with Gasteiger partial charge in [-0.05, 0) is 48.9 Å². The van der Waals surface area contributed by atoms with E-state index in [0.29, 0.717) is 23.5 Å². The average Bonchev–Trinajstić information content (AvgIpc) is 3.40. The predicted octanol–water partition coefficient (Wildman–Crippen LogP) is 4.81. The molecule has 0 saturated heterocycles. The van der Waals surface area contributed by atoms with Gasteiger partial charge in [-0.15, -0.1) is 0 Å². The largest absolute Gasteiger partial charge is 0.504 e. The van der Waals surface area contributed by atoms with Crippen molar-refractivity contribution < 1.29 is 19.1 Å². The molecular formula is C22H36N2O4Si. The van der Waals surface area contributed by atoms with Gasteiger partial charge in [0.2, 0.25) is 0 Å². The number of anilines is 1. The molecule has 1 unspecified atom stereocenters. The van der Waals surface area contributed by atoms with Crippen LogP contribution in [-0.4, -0.2) is 50.7 Å².